The number of benzene rings is 2. The topological polar surface area (TPSA) is 118 Å². The molecule has 0 aliphatic carbocycles. The van der Waals surface area contributed by atoms with Gasteiger partial charge in [-0.05, 0) is 23.3 Å². The molecule has 0 aliphatic heterocycles. The van der Waals surface area contributed by atoms with Gasteiger partial charge in [-0.25, -0.2) is 0 Å². The first-order valence-corrected chi connectivity index (χ1v) is 13.7. The van der Waals surface area contributed by atoms with Gasteiger partial charge in [-0.15, -0.1) is 46.4 Å². The molecule has 2 rings (SSSR count). The fraction of sp³-hybridized carbons (Fsp3) is 0.520. The highest BCUT2D eigenvalue weighted by molar-refractivity contribution is 6.18. The van der Waals surface area contributed by atoms with Crippen molar-refractivity contribution in [1.82, 2.24) is 0 Å². The number of ether oxygens (including phenoxy) is 4. The number of aliphatic hydroxyl groups is 4. The van der Waals surface area contributed by atoms with Crippen LogP contribution in [0.15, 0.2) is 36.4 Å². The van der Waals surface area contributed by atoms with Gasteiger partial charge >= 0.3 is 0 Å². The highest BCUT2D eigenvalue weighted by Gasteiger charge is 2.16. The predicted molar refractivity (Wildman–Crippen MR) is 145 cm³/mol. The average Bonchev–Trinajstić information content (AvgIpc) is 2.93. The summed E-state index contributed by atoms with van der Waals surface area (Å²) in [5.41, 5.74) is 1.50. The number of aliphatic hydroxyl groups excluding tert-OH is 4. The minimum atomic E-state index is -0.868. The summed E-state index contributed by atoms with van der Waals surface area (Å²) in [5, 5.41) is 39.1. The molecule has 37 heavy (non-hydrogen) atoms. The van der Waals surface area contributed by atoms with E-state index in [0.29, 0.717) is 29.4 Å². The molecule has 4 atom stereocenters. The van der Waals surface area contributed by atoms with Crippen LogP contribution in [0, 0.1) is 0 Å². The third-order valence-electron chi connectivity index (χ3n) is 4.92. The lowest BCUT2D eigenvalue weighted by atomic mass is 10.0. The molecule has 2 aromatic rings. The van der Waals surface area contributed by atoms with Crippen molar-refractivity contribution in [1.29, 1.82) is 0 Å². The third-order valence-corrected chi connectivity index (χ3v) is 6.34. The molecule has 4 N–H and O–H groups in total. The summed E-state index contributed by atoms with van der Waals surface area (Å²) in [7, 11) is 0. The molecule has 208 valence electrons. The van der Waals surface area contributed by atoms with Gasteiger partial charge in [-0.3, -0.25) is 0 Å². The molecular weight excluding hydrogens is 570 g/mol. The minimum absolute atomic E-state index is 0.00730. The Labute approximate surface area is 236 Å². The van der Waals surface area contributed by atoms with Crippen molar-refractivity contribution >= 4 is 46.4 Å². The maximum atomic E-state index is 9.87. The van der Waals surface area contributed by atoms with Gasteiger partial charge in [0.15, 0.2) is 0 Å². The molecule has 0 saturated heterocycles. The normalized spacial score (nSPS) is 14.5. The third kappa shape index (κ3) is 11.5. The molecular formula is C25H32Cl4O8. The van der Waals surface area contributed by atoms with Crippen molar-refractivity contribution in [3.63, 3.8) is 0 Å². The van der Waals surface area contributed by atoms with E-state index in [4.69, 9.17) is 65.4 Å². The first kappa shape index (κ1) is 31.9. The van der Waals surface area contributed by atoms with Gasteiger partial charge in [-0.1, -0.05) is 12.1 Å². The van der Waals surface area contributed by atoms with Crippen LogP contribution in [0.4, 0.5) is 0 Å². The molecule has 0 bridgehead atoms. The molecule has 0 heterocycles. The summed E-state index contributed by atoms with van der Waals surface area (Å²) in [6, 6.07) is 10.3. The maximum absolute atomic E-state index is 9.87. The quantitative estimate of drug-likeness (QED) is 0.192. The van der Waals surface area contributed by atoms with Crippen molar-refractivity contribution < 1.29 is 39.4 Å². The number of alkyl halides is 4. The van der Waals surface area contributed by atoms with E-state index in [0.717, 1.165) is 11.1 Å². The van der Waals surface area contributed by atoms with Crippen molar-refractivity contribution in [2.75, 3.05) is 49.9 Å². The number of halogens is 4. The Hall–Kier alpha value is -1.36. The molecule has 0 fully saturated rings. The van der Waals surface area contributed by atoms with Crippen molar-refractivity contribution in [2.24, 2.45) is 0 Å². The summed E-state index contributed by atoms with van der Waals surface area (Å²) in [5.74, 6) is 1.88. The second kappa shape index (κ2) is 17.3. The Morgan fingerprint density at radius 1 is 0.514 bits per heavy atom. The van der Waals surface area contributed by atoms with E-state index >= 15 is 0 Å². The highest BCUT2D eigenvalue weighted by Crippen LogP contribution is 2.32. The van der Waals surface area contributed by atoms with Crippen LogP contribution in [0.3, 0.4) is 0 Å². The van der Waals surface area contributed by atoms with Gasteiger partial charge < -0.3 is 39.4 Å². The molecule has 2 aromatic carbocycles. The zero-order chi connectivity index (χ0) is 27.2. The Balaban J connectivity index is 2.31. The Morgan fingerprint density at radius 2 is 0.838 bits per heavy atom. The summed E-state index contributed by atoms with van der Waals surface area (Å²) in [4.78, 5) is 0. The first-order chi connectivity index (χ1) is 17.8. The molecule has 8 nitrogen and oxygen atoms in total. The van der Waals surface area contributed by atoms with Crippen LogP contribution < -0.4 is 18.9 Å². The molecule has 0 spiro atoms. The average molecular weight is 602 g/mol. The zero-order valence-corrected chi connectivity index (χ0v) is 23.1. The predicted octanol–water partition coefficient (Wildman–Crippen LogP) is 3.19. The highest BCUT2D eigenvalue weighted by atomic mass is 35.5. The Bertz CT molecular complexity index is 862. The van der Waals surface area contributed by atoms with Crippen LogP contribution in [-0.4, -0.2) is 94.8 Å². The van der Waals surface area contributed by atoms with Gasteiger partial charge in [-0.2, -0.15) is 0 Å². The van der Waals surface area contributed by atoms with Gasteiger partial charge in [0.1, 0.15) is 73.8 Å². The second-order valence-electron chi connectivity index (χ2n) is 8.19. The summed E-state index contributed by atoms with van der Waals surface area (Å²) in [6.07, 6.45) is -3.02. The molecule has 0 saturated carbocycles. The van der Waals surface area contributed by atoms with E-state index in [1.165, 1.54) is 0 Å². The lowest BCUT2D eigenvalue weighted by Gasteiger charge is -2.19. The fourth-order valence-corrected chi connectivity index (χ4v) is 3.31. The SMILES string of the molecule is OC(CCl)COc1ccc(Cc2ccc(OCC(O)CCl)cc2OCC(O)CCl)c(OCC(O)CCl)c1. The van der Waals surface area contributed by atoms with Crippen LogP contribution in [0.1, 0.15) is 11.1 Å². The summed E-state index contributed by atoms with van der Waals surface area (Å²) >= 11 is 22.7. The van der Waals surface area contributed by atoms with Gasteiger partial charge in [0, 0.05) is 18.6 Å². The van der Waals surface area contributed by atoms with E-state index in [2.05, 4.69) is 0 Å². The monoisotopic (exact) mass is 600 g/mol. The molecule has 0 amide bonds. The summed E-state index contributed by atoms with van der Waals surface area (Å²) in [6.45, 7) is -0.0584. The number of hydrogen-bond donors (Lipinski definition) is 4. The van der Waals surface area contributed by atoms with Crippen molar-refractivity contribution in [3.8, 4) is 23.0 Å². The van der Waals surface area contributed by atoms with Crippen LogP contribution in [-0.2, 0) is 6.42 Å². The molecule has 12 heteroatoms. The second-order valence-corrected chi connectivity index (χ2v) is 9.43. The summed E-state index contributed by atoms with van der Waals surface area (Å²) < 4.78 is 22.8. The van der Waals surface area contributed by atoms with Gasteiger partial charge in [0.25, 0.3) is 0 Å². The van der Waals surface area contributed by atoms with Crippen LogP contribution in [0.25, 0.3) is 0 Å². The van der Waals surface area contributed by atoms with E-state index in [-0.39, 0.29) is 49.9 Å². The molecule has 4 unspecified atom stereocenters. The number of rotatable bonds is 18. The lowest BCUT2D eigenvalue weighted by Crippen LogP contribution is -2.20. The van der Waals surface area contributed by atoms with Crippen LogP contribution in [0.2, 0.25) is 0 Å². The zero-order valence-electron chi connectivity index (χ0n) is 20.1. The van der Waals surface area contributed by atoms with E-state index in [1.54, 1.807) is 36.4 Å². The molecule has 0 aliphatic rings. The van der Waals surface area contributed by atoms with E-state index < -0.39 is 24.4 Å². The smallest absolute Gasteiger partial charge is 0.126 e. The molecule has 0 radical (unpaired) electrons. The van der Waals surface area contributed by atoms with Crippen molar-refractivity contribution in [3.05, 3.63) is 47.5 Å². The molecule has 0 aromatic heterocycles. The first-order valence-electron chi connectivity index (χ1n) is 11.5. The van der Waals surface area contributed by atoms with E-state index in [1.807, 2.05) is 0 Å². The Kier molecular flexibility index (Phi) is 14.9. The lowest BCUT2D eigenvalue weighted by molar-refractivity contribution is 0.120. The van der Waals surface area contributed by atoms with E-state index in [9.17, 15) is 20.4 Å². The van der Waals surface area contributed by atoms with Gasteiger partial charge in [0.05, 0.1) is 23.5 Å². The largest absolute Gasteiger partial charge is 0.491 e. The maximum Gasteiger partial charge on any atom is 0.126 e. The minimum Gasteiger partial charge on any atom is -0.491 e. The fourth-order valence-electron chi connectivity index (χ4n) is 2.95. The number of hydrogen-bond acceptors (Lipinski definition) is 8. The van der Waals surface area contributed by atoms with Crippen molar-refractivity contribution in [2.45, 2.75) is 30.8 Å². The van der Waals surface area contributed by atoms with Gasteiger partial charge in [0.2, 0.25) is 0 Å². The van der Waals surface area contributed by atoms with Crippen LogP contribution in [0.5, 0.6) is 23.0 Å². The standard InChI is InChI=1S/C25H32Cl4O8/c26-8-18(30)12-34-22-3-1-16(24(6-22)36-14-20(32)10-28)5-17-2-4-23(35-13-19(31)9-27)7-25(17)37-15-21(33)11-29/h1-4,6-7,18-21,30-33H,5,8-15H2. The van der Waals surface area contributed by atoms with Crippen LogP contribution >= 0.6 is 46.4 Å². The Morgan fingerprint density at radius 3 is 1.16 bits per heavy atom.